The van der Waals surface area contributed by atoms with Crippen molar-refractivity contribution in [2.24, 2.45) is 0 Å². The summed E-state index contributed by atoms with van der Waals surface area (Å²) in [5.41, 5.74) is 2.25. The molecule has 5 rings (SSSR count). The number of para-hydroxylation sites is 1. The minimum absolute atomic E-state index is 0.154. The van der Waals surface area contributed by atoms with Gasteiger partial charge in [0.05, 0.1) is 10.6 Å². The first-order valence-electron chi connectivity index (χ1n) is 10.6. The molecular weight excluding hydrogens is 436 g/mol. The predicted molar refractivity (Wildman–Crippen MR) is 129 cm³/mol. The number of carbonyl (C=O) groups is 1. The molecule has 6 nitrogen and oxygen atoms in total. The van der Waals surface area contributed by atoms with Crippen LogP contribution in [0.2, 0.25) is 0 Å². The number of sulfonamides is 1. The molecule has 1 aliphatic heterocycles. The number of nitrogens with one attached hydrogen (secondary N) is 1. The van der Waals surface area contributed by atoms with Crippen molar-refractivity contribution < 1.29 is 17.9 Å². The predicted octanol–water partition coefficient (Wildman–Crippen LogP) is 4.61. The molecular formula is C26H22N2O4S. The maximum atomic E-state index is 13.1. The highest BCUT2D eigenvalue weighted by atomic mass is 32.2. The Morgan fingerprint density at radius 1 is 0.879 bits per heavy atom. The van der Waals surface area contributed by atoms with Crippen molar-refractivity contribution in [3.63, 3.8) is 0 Å². The summed E-state index contributed by atoms with van der Waals surface area (Å²) in [4.78, 5) is 12.6. The highest BCUT2D eigenvalue weighted by Crippen LogP contribution is 2.33. The normalized spacial score (nSPS) is 13.0. The molecule has 1 aliphatic rings. The number of ether oxygens (including phenoxy) is 1. The second kappa shape index (κ2) is 8.60. The van der Waals surface area contributed by atoms with Gasteiger partial charge in [-0.25, -0.2) is 8.42 Å². The molecule has 7 heteroatoms. The number of hydrogen-bond donors (Lipinski definition) is 1. The number of rotatable bonds is 6. The van der Waals surface area contributed by atoms with Crippen LogP contribution in [0, 0.1) is 0 Å². The smallest absolute Gasteiger partial charge is 0.264 e. The van der Waals surface area contributed by atoms with Crippen LogP contribution in [0.1, 0.15) is 5.56 Å². The highest BCUT2D eigenvalue weighted by molar-refractivity contribution is 7.92. The third kappa shape index (κ3) is 4.15. The lowest BCUT2D eigenvalue weighted by atomic mass is 10.1. The van der Waals surface area contributed by atoms with E-state index in [9.17, 15) is 13.2 Å². The van der Waals surface area contributed by atoms with E-state index in [0.29, 0.717) is 24.4 Å². The molecule has 1 N–H and O–H groups in total. The van der Waals surface area contributed by atoms with Crippen molar-refractivity contribution in [1.82, 2.24) is 0 Å². The first-order valence-corrected chi connectivity index (χ1v) is 12.1. The molecule has 4 aromatic rings. The van der Waals surface area contributed by atoms with Crippen LogP contribution in [-0.4, -0.2) is 27.5 Å². The summed E-state index contributed by atoms with van der Waals surface area (Å²) in [5.74, 6) is 0.308. The molecule has 0 aliphatic carbocycles. The summed E-state index contributed by atoms with van der Waals surface area (Å²) >= 11 is 0. The summed E-state index contributed by atoms with van der Waals surface area (Å²) in [6, 6.07) is 27.2. The van der Waals surface area contributed by atoms with Crippen LogP contribution in [0.25, 0.3) is 10.8 Å². The number of fused-ring (bicyclic) bond motifs is 2. The molecule has 1 heterocycles. The molecule has 0 atom stereocenters. The van der Waals surface area contributed by atoms with Gasteiger partial charge in [0.25, 0.3) is 15.9 Å². The van der Waals surface area contributed by atoms with Crippen molar-refractivity contribution >= 4 is 38.1 Å². The Morgan fingerprint density at radius 2 is 1.61 bits per heavy atom. The standard InChI is InChI=1S/C26H22N2O4S/c29-26(18-32-25-11-5-8-19-6-1-3-9-23(19)25)27-21-12-14-22(15-13-21)33(30,31)28-17-16-20-7-2-4-10-24(20)28/h1-15H,16-18H2,(H,27,29). The summed E-state index contributed by atoms with van der Waals surface area (Å²) in [6.45, 7) is 0.268. The van der Waals surface area contributed by atoms with E-state index >= 15 is 0 Å². The fourth-order valence-electron chi connectivity index (χ4n) is 4.06. The molecule has 33 heavy (non-hydrogen) atoms. The van der Waals surface area contributed by atoms with E-state index in [2.05, 4.69) is 5.32 Å². The van der Waals surface area contributed by atoms with Gasteiger partial charge in [-0.15, -0.1) is 0 Å². The average Bonchev–Trinajstić information content (AvgIpc) is 3.28. The van der Waals surface area contributed by atoms with E-state index < -0.39 is 10.0 Å². The Bertz CT molecular complexity index is 1430. The van der Waals surface area contributed by atoms with Crippen molar-refractivity contribution in [2.45, 2.75) is 11.3 Å². The van der Waals surface area contributed by atoms with Crippen LogP contribution < -0.4 is 14.4 Å². The van der Waals surface area contributed by atoms with Crippen LogP contribution in [0.15, 0.2) is 95.9 Å². The lowest BCUT2D eigenvalue weighted by Crippen LogP contribution is -2.29. The van der Waals surface area contributed by atoms with Gasteiger partial charge in [-0.3, -0.25) is 9.10 Å². The van der Waals surface area contributed by atoms with Gasteiger partial charge in [-0.1, -0.05) is 54.6 Å². The zero-order chi connectivity index (χ0) is 22.8. The van der Waals surface area contributed by atoms with E-state index in [1.807, 2.05) is 66.7 Å². The van der Waals surface area contributed by atoms with E-state index in [-0.39, 0.29) is 17.4 Å². The van der Waals surface area contributed by atoms with Crippen LogP contribution >= 0.6 is 0 Å². The minimum Gasteiger partial charge on any atom is -0.483 e. The maximum Gasteiger partial charge on any atom is 0.264 e. The lowest BCUT2D eigenvalue weighted by Gasteiger charge is -2.19. The fraction of sp³-hybridized carbons (Fsp3) is 0.115. The molecule has 4 aromatic carbocycles. The fourth-order valence-corrected chi connectivity index (χ4v) is 5.56. The van der Waals surface area contributed by atoms with E-state index in [1.54, 1.807) is 12.1 Å². The summed E-state index contributed by atoms with van der Waals surface area (Å²) < 4.78 is 33.4. The molecule has 0 aromatic heterocycles. The third-order valence-electron chi connectivity index (χ3n) is 5.68. The number of anilines is 2. The Balaban J connectivity index is 1.25. The quantitative estimate of drug-likeness (QED) is 0.458. The Morgan fingerprint density at radius 3 is 2.45 bits per heavy atom. The molecule has 0 saturated carbocycles. The number of carbonyl (C=O) groups excluding carboxylic acids is 1. The van der Waals surface area contributed by atoms with Crippen molar-refractivity contribution in [3.05, 3.63) is 96.6 Å². The monoisotopic (exact) mass is 458 g/mol. The van der Waals surface area contributed by atoms with Crippen molar-refractivity contribution in [3.8, 4) is 5.75 Å². The van der Waals surface area contributed by atoms with Gasteiger partial charge in [0.15, 0.2) is 6.61 Å². The van der Waals surface area contributed by atoms with E-state index in [1.165, 1.54) is 16.4 Å². The van der Waals surface area contributed by atoms with E-state index in [0.717, 1.165) is 22.0 Å². The average molecular weight is 459 g/mol. The largest absolute Gasteiger partial charge is 0.483 e. The zero-order valence-electron chi connectivity index (χ0n) is 17.8. The minimum atomic E-state index is -3.67. The number of benzene rings is 4. The first-order chi connectivity index (χ1) is 16.0. The van der Waals surface area contributed by atoms with Crippen LogP contribution in [0.5, 0.6) is 5.75 Å². The van der Waals surface area contributed by atoms with Gasteiger partial charge in [0.1, 0.15) is 5.75 Å². The molecule has 1 amide bonds. The lowest BCUT2D eigenvalue weighted by molar-refractivity contribution is -0.118. The Kier molecular flexibility index (Phi) is 5.48. The number of amides is 1. The molecule has 0 unspecified atom stereocenters. The SMILES string of the molecule is O=C(COc1cccc2ccccc12)Nc1ccc(S(=O)(=O)N2CCc3ccccc32)cc1. The molecule has 0 saturated heterocycles. The zero-order valence-corrected chi connectivity index (χ0v) is 18.6. The molecule has 0 fully saturated rings. The summed E-state index contributed by atoms with van der Waals surface area (Å²) in [6.07, 6.45) is 0.695. The third-order valence-corrected chi connectivity index (χ3v) is 7.51. The van der Waals surface area contributed by atoms with Gasteiger partial charge < -0.3 is 10.1 Å². The maximum absolute atomic E-state index is 13.1. The second-order valence-electron chi connectivity index (χ2n) is 7.79. The Hall–Kier alpha value is -3.84. The van der Waals surface area contributed by atoms with Gasteiger partial charge in [0, 0.05) is 17.6 Å². The van der Waals surface area contributed by atoms with E-state index in [4.69, 9.17) is 4.74 Å². The Labute approximate surface area is 192 Å². The second-order valence-corrected chi connectivity index (χ2v) is 9.66. The number of nitrogens with zero attached hydrogens (tertiary/aromatic N) is 1. The van der Waals surface area contributed by atoms with Gasteiger partial charge in [-0.2, -0.15) is 0 Å². The molecule has 0 radical (unpaired) electrons. The number of hydrogen-bond acceptors (Lipinski definition) is 4. The van der Waals surface area contributed by atoms with Crippen LogP contribution in [-0.2, 0) is 21.2 Å². The highest BCUT2D eigenvalue weighted by Gasteiger charge is 2.30. The first kappa shape index (κ1) is 21.0. The van der Waals surface area contributed by atoms with Crippen LogP contribution in [0.3, 0.4) is 0 Å². The topological polar surface area (TPSA) is 75.7 Å². The van der Waals surface area contributed by atoms with Gasteiger partial charge >= 0.3 is 0 Å². The molecule has 166 valence electrons. The summed E-state index contributed by atoms with van der Waals surface area (Å²) in [5, 5.41) is 4.72. The van der Waals surface area contributed by atoms with Crippen molar-refractivity contribution in [2.75, 3.05) is 22.8 Å². The van der Waals surface area contributed by atoms with Gasteiger partial charge in [-0.05, 0) is 53.8 Å². The van der Waals surface area contributed by atoms with Gasteiger partial charge in [0.2, 0.25) is 0 Å². The van der Waals surface area contributed by atoms with Crippen molar-refractivity contribution in [1.29, 1.82) is 0 Å². The summed E-state index contributed by atoms with van der Waals surface area (Å²) in [7, 11) is -3.67. The van der Waals surface area contributed by atoms with Crippen LogP contribution in [0.4, 0.5) is 11.4 Å². The molecule has 0 spiro atoms. The molecule has 0 bridgehead atoms.